The third-order valence-corrected chi connectivity index (χ3v) is 2.92. The van der Waals surface area contributed by atoms with Crippen LogP contribution in [0.4, 0.5) is 5.82 Å². The molecule has 15 heavy (non-hydrogen) atoms. The van der Waals surface area contributed by atoms with Gasteiger partial charge in [0.15, 0.2) is 5.82 Å². The van der Waals surface area contributed by atoms with Gasteiger partial charge in [0.25, 0.3) is 0 Å². The molecule has 2 N–H and O–H groups in total. The van der Waals surface area contributed by atoms with E-state index in [0.29, 0.717) is 6.04 Å². The summed E-state index contributed by atoms with van der Waals surface area (Å²) < 4.78 is 0. The first-order chi connectivity index (χ1) is 7.43. The van der Waals surface area contributed by atoms with Gasteiger partial charge >= 0.3 is 0 Å². The Morgan fingerprint density at radius 3 is 3.07 bits per heavy atom. The zero-order valence-corrected chi connectivity index (χ0v) is 8.40. The molecule has 2 heterocycles. The van der Waals surface area contributed by atoms with E-state index in [2.05, 4.69) is 25.5 Å². The lowest BCUT2D eigenvalue weighted by molar-refractivity contribution is 0.750. The van der Waals surface area contributed by atoms with Crippen LogP contribution in [0.3, 0.4) is 0 Å². The van der Waals surface area contributed by atoms with Crippen molar-refractivity contribution in [1.29, 1.82) is 0 Å². The normalized spacial score (nSPS) is 17.3. The van der Waals surface area contributed by atoms with E-state index in [1.165, 1.54) is 25.7 Å². The van der Waals surface area contributed by atoms with E-state index in [4.69, 9.17) is 0 Å². The molecule has 0 bridgehead atoms. The Morgan fingerprint density at radius 1 is 1.33 bits per heavy atom. The molecule has 1 aliphatic rings. The molecule has 0 saturated heterocycles. The fraction of sp³-hybridized carbons (Fsp3) is 0.500. The van der Waals surface area contributed by atoms with Crippen LogP contribution < -0.4 is 5.32 Å². The number of rotatable bonds is 2. The molecule has 1 aliphatic carbocycles. The van der Waals surface area contributed by atoms with E-state index in [1.807, 2.05) is 0 Å². The van der Waals surface area contributed by atoms with E-state index < -0.39 is 0 Å². The average Bonchev–Trinajstić information content (AvgIpc) is 2.89. The lowest BCUT2D eigenvalue weighted by atomic mass is 10.2. The van der Waals surface area contributed by atoms with Crippen molar-refractivity contribution >= 4 is 16.9 Å². The highest BCUT2D eigenvalue weighted by Crippen LogP contribution is 2.24. The van der Waals surface area contributed by atoms with Gasteiger partial charge in [0.2, 0.25) is 0 Å². The Hall–Kier alpha value is -1.65. The Kier molecular flexibility index (Phi) is 2.01. The van der Waals surface area contributed by atoms with Gasteiger partial charge in [-0.05, 0) is 12.8 Å². The van der Waals surface area contributed by atoms with Crippen LogP contribution in [0.1, 0.15) is 25.7 Å². The van der Waals surface area contributed by atoms with Crippen molar-refractivity contribution in [3.05, 3.63) is 12.5 Å². The summed E-state index contributed by atoms with van der Waals surface area (Å²) in [5.41, 5.74) is 1.77. The number of hydrogen-bond donors (Lipinski definition) is 2. The fourth-order valence-corrected chi connectivity index (χ4v) is 2.13. The maximum atomic E-state index is 4.22. The summed E-state index contributed by atoms with van der Waals surface area (Å²) in [4.78, 5) is 8.16. The van der Waals surface area contributed by atoms with Gasteiger partial charge in [-0.25, -0.2) is 9.97 Å². The molecule has 0 aliphatic heterocycles. The standard InChI is InChI=1S/C10H13N5/c1-2-4-7(3-1)13-10-9-8(14-15-10)5-11-6-12-9/h5-7H,1-4H2,(H2,13,14,15). The number of fused-ring (bicyclic) bond motifs is 1. The predicted octanol–water partition coefficient (Wildman–Crippen LogP) is 1.71. The first-order valence-corrected chi connectivity index (χ1v) is 5.34. The van der Waals surface area contributed by atoms with Crippen molar-refractivity contribution in [3.8, 4) is 0 Å². The second kappa shape index (κ2) is 3.49. The molecule has 1 saturated carbocycles. The summed E-state index contributed by atoms with van der Waals surface area (Å²) in [7, 11) is 0. The van der Waals surface area contributed by atoms with E-state index in [-0.39, 0.29) is 0 Å². The molecule has 1 fully saturated rings. The highest BCUT2D eigenvalue weighted by atomic mass is 15.2. The topological polar surface area (TPSA) is 66.5 Å². The Bertz CT molecular complexity index is 458. The van der Waals surface area contributed by atoms with Crippen molar-refractivity contribution in [2.75, 3.05) is 5.32 Å². The fourth-order valence-electron chi connectivity index (χ4n) is 2.13. The van der Waals surface area contributed by atoms with Crippen LogP contribution in [0.2, 0.25) is 0 Å². The largest absolute Gasteiger partial charge is 0.364 e. The molecule has 5 nitrogen and oxygen atoms in total. The molecule has 0 amide bonds. The summed E-state index contributed by atoms with van der Waals surface area (Å²) in [6.07, 6.45) is 8.40. The molecule has 0 aromatic carbocycles. The summed E-state index contributed by atoms with van der Waals surface area (Å²) in [6, 6.07) is 0.562. The molecule has 0 unspecified atom stereocenters. The molecule has 3 rings (SSSR count). The molecule has 0 radical (unpaired) electrons. The monoisotopic (exact) mass is 203 g/mol. The predicted molar refractivity (Wildman–Crippen MR) is 57.6 cm³/mol. The lowest BCUT2D eigenvalue weighted by Gasteiger charge is -2.09. The smallest absolute Gasteiger partial charge is 0.174 e. The number of aromatic amines is 1. The van der Waals surface area contributed by atoms with Gasteiger partial charge in [-0.1, -0.05) is 12.8 Å². The third-order valence-electron chi connectivity index (χ3n) is 2.92. The van der Waals surface area contributed by atoms with E-state index in [9.17, 15) is 0 Å². The van der Waals surface area contributed by atoms with Crippen LogP contribution in [0, 0.1) is 0 Å². The van der Waals surface area contributed by atoms with Gasteiger partial charge in [0.05, 0.1) is 6.20 Å². The maximum absolute atomic E-state index is 4.22. The number of aromatic nitrogens is 4. The summed E-state index contributed by atoms with van der Waals surface area (Å²) in [6.45, 7) is 0. The molecule has 5 heteroatoms. The highest BCUT2D eigenvalue weighted by Gasteiger charge is 2.17. The van der Waals surface area contributed by atoms with E-state index in [1.54, 1.807) is 12.5 Å². The lowest BCUT2D eigenvalue weighted by Crippen LogP contribution is -2.14. The molecule has 2 aromatic heterocycles. The summed E-state index contributed by atoms with van der Waals surface area (Å²) >= 11 is 0. The second-order valence-electron chi connectivity index (χ2n) is 3.98. The molecule has 0 atom stereocenters. The number of H-pyrrole nitrogens is 1. The minimum absolute atomic E-state index is 0.562. The zero-order chi connectivity index (χ0) is 10.1. The van der Waals surface area contributed by atoms with Crippen molar-refractivity contribution in [3.63, 3.8) is 0 Å². The minimum Gasteiger partial charge on any atom is -0.364 e. The molecule has 78 valence electrons. The van der Waals surface area contributed by atoms with Crippen LogP contribution in [0.15, 0.2) is 12.5 Å². The first-order valence-electron chi connectivity index (χ1n) is 5.34. The summed E-state index contributed by atoms with van der Waals surface area (Å²) in [5.74, 6) is 0.860. The van der Waals surface area contributed by atoms with Crippen LogP contribution >= 0.6 is 0 Å². The number of nitrogens with zero attached hydrogens (tertiary/aromatic N) is 3. The van der Waals surface area contributed by atoms with Crippen LogP contribution in [0.5, 0.6) is 0 Å². The number of nitrogens with one attached hydrogen (secondary N) is 2. The van der Waals surface area contributed by atoms with Gasteiger partial charge in [-0.3, -0.25) is 5.10 Å². The van der Waals surface area contributed by atoms with E-state index >= 15 is 0 Å². The molecular weight excluding hydrogens is 190 g/mol. The molecule has 2 aromatic rings. The second-order valence-corrected chi connectivity index (χ2v) is 3.98. The van der Waals surface area contributed by atoms with Gasteiger partial charge in [-0.15, -0.1) is 0 Å². The number of anilines is 1. The van der Waals surface area contributed by atoms with Crippen LogP contribution in [-0.4, -0.2) is 26.2 Å². The Morgan fingerprint density at radius 2 is 2.20 bits per heavy atom. The van der Waals surface area contributed by atoms with Crippen LogP contribution in [0.25, 0.3) is 11.0 Å². The average molecular weight is 203 g/mol. The summed E-state index contributed by atoms with van der Waals surface area (Å²) in [5, 5.41) is 10.6. The van der Waals surface area contributed by atoms with Crippen molar-refractivity contribution in [2.45, 2.75) is 31.7 Å². The van der Waals surface area contributed by atoms with Crippen molar-refractivity contribution in [2.24, 2.45) is 0 Å². The first kappa shape index (κ1) is 8.64. The number of hydrogen-bond acceptors (Lipinski definition) is 4. The van der Waals surface area contributed by atoms with Crippen LogP contribution in [-0.2, 0) is 0 Å². The molecular formula is C10H13N5. The SMILES string of the molecule is c1ncc2[nH]nc(NC3CCCC3)c2n1. The third kappa shape index (κ3) is 1.54. The maximum Gasteiger partial charge on any atom is 0.174 e. The molecule has 0 spiro atoms. The van der Waals surface area contributed by atoms with Gasteiger partial charge < -0.3 is 5.32 Å². The highest BCUT2D eigenvalue weighted by molar-refractivity contribution is 5.84. The van der Waals surface area contributed by atoms with Crippen molar-refractivity contribution < 1.29 is 0 Å². The Balaban J connectivity index is 1.90. The Labute approximate surface area is 87.3 Å². The van der Waals surface area contributed by atoms with Crippen molar-refractivity contribution in [1.82, 2.24) is 20.2 Å². The quantitative estimate of drug-likeness (QED) is 0.779. The minimum atomic E-state index is 0.562. The van der Waals surface area contributed by atoms with Gasteiger partial charge in [-0.2, -0.15) is 5.10 Å². The zero-order valence-electron chi connectivity index (χ0n) is 8.40. The van der Waals surface area contributed by atoms with Gasteiger partial charge in [0, 0.05) is 6.04 Å². The van der Waals surface area contributed by atoms with E-state index in [0.717, 1.165) is 16.9 Å². The van der Waals surface area contributed by atoms with Gasteiger partial charge in [0.1, 0.15) is 17.4 Å².